The molecule has 0 spiro atoms. The van der Waals surface area contributed by atoms with E-state index in [-0.39, 0.29) is 5.91 Å². The van der Waals surface area contributed by atoms with Crippen molar-refractivity contribution in [2.45, 2.75) is 31.1 Å². The molecule has 0 fully saturated rings. The van der Waals surface area contributed by atoms with E-state index in [4.69, 9.17) is 0 Å². The molecule has 0 saturated carbocycles. The molecule has 0 bridgehead atoms. The van der Waals surface area contributed by atoms with Gasteiger partial charge in [0, 0.05) is 31.9 Å². The van der Waals surface area contributed by atoms with Gasteiger partial charge in [0.05, 0.1) is 11.1 Å². The van der Waals surface area contributed by atoms with Crippen LogP contribution in [0, 0.1) is 0 Å². The second kappa shape index (κ2) is 9.34. The fraction of sp³-hybridized carbons (Fsp3) is 0.344. The second-order valence-corrected chi connectivity index (χ2v) is 10.9. The summed E-state index contributed by atoms with van der Waals surface area (Å²) in [6.07, 6.45) is 8.38. The van der Waals surface area contributed by atoms with E-state index in [1.54, 1.807) is 0 Å². The maximum Gasteiger partial charge on any atom is 0.242 e. The highest BCUT2D eigenvalue weighted by atomic mass is 16.2. The molecule has 0 aliphatic carbocycles. The third-order valence-electron chi connectivity index (χ3n) is 8.32. The number of nitrogens with zero attached hydrogens (tertiary/aromatic N) is 3. The molecule has 6 rings (SSSR count). The number of hydrogen-bond acceptors (Lipinski definition) is 3. The topological polar surface area (TPSA) is 26.8 Å². The van der Waals surface area contributed by atoms with Gasteiger partial charge < -0.3 is 9.80 Å². The van der Waals surface area contributed by atoms with Crippen molar-refractivity contribution in [2.24, 2.45) is 0 Å². The van der Waals surface area contributed by atoms with Gasteiger partial charge in [-0.25, -0.2) is 0 Å². The number of carbonyl (C=O) groups excluding carboxylic acids is 1. The zero-order valence-electron chi connectivity index (χ0n) is 21.4. The highest BCUT2D eigenvalue weighted by Gasteiger charge is 2.52. The van der Waals surface area contributed by atoms with Crippen molar-refractivity contribution < 1.29 is 4.79 Å². The molecule has 3 aromatic rings. The molecular formula is C32H35N3O. The molecule has 184 valence electrons. The summed E-state index contributed by atoms with van der Waals surface area (Å²) in [7, 11) is 4.34. The van der Waals surface area contributed by atoms with Crippen LogP contribution in [0.4, 0.5) is 11.4 Å². The van der Waals surface area contributed by atoms with E-state index in [0.717, 1.165) is 63.2 Å². The number of fused-ring (bicyclic) bond motifs is 2. The summed E-state index contributed by atoms with van der Waals surface area (Å²) in [4.78, 5) is 21.5. The average Bonchev–Trinajstić information content (AvgIpc) is 3.12. The van der Waals surface area contributed by atoms with Crippen molar-refractivity contribution in [3.63, 3.8) is 0 Å². The Hall–Kier alpha value is -3.21. The molecule has 0 N–H and O–H groups in total. The number of amides is 1. The Bertz CT molecular complexity index is 1320. The van der Waals surface area contributed by atoms with Gasteiger partial charge in [-0.05, 0) is 80.4 Å². The summed E-state index contributed by atoms with van der Waals surface area (Å²) >= 11 is 0. The third kappa shape index (κ3) is 4.08. The number of carbonyl (C=O) groups is 1. The molecule has 0 atom stereocenters. The predicted molar refractivity (Wildman–Crippen MR) is 149 cm³/mol. The second-order valence-electron chi connectivity index (χ2n) is 10.9. The lowest BCUT2D eigenvalue weighted by Crippen LogP contribution is -2.40. The van der Waals surface area contributed by atoms with Crippen LogP contribution in [-0.4, -0.2) is 56.0 Å². The van der Waals surface area contributed by atoms with E-state index in [0.29, 0.717) is 0 Å². The van der Waals surface area contributed by atoms with Crippen molar-refractivity contribution in [3.8, 4) is 0 Å². The predicted octanol–water partition coefficient (Wildman–Crippen LogP) is 6.06. The average molecular weight is 478 g/mol. The first-order valence-corrected chi connectivity index (χ1v) is 13.2. The first-order valence-electron chi connectivity index (χ1n) is 13.2. The van der Waals surface area contributed by atoms with Gasteiger partial charge in [0.2, 0.25) is 5.91 Å². The molecule has 0 aromatic heterocycles. The number of hydrogen-bond donors (Lipinski definition) is 0. The lowest BCUT2D eigenvalue weighted by atomic mass is 9.70. The molecule has 0 saturated heterocycles. The van der Waals surface area contributed by atoms with E-state index in [2.05, 4.69) is 84.6 Å². The van der Waals surface area contributed by atoms with E-state index in [1.807, 2.05) is 23.1 Å². The minimum atomic E-state index is -0.585. The van der Waals surface area contributed by atoms with Gasteiger partial charge in [-0.2, -0.15) is 0 Å². The summed E-state index contributed by atoms with van der Waals surface area (Å²) in [6.45, 7) is 4.02. The minimum Gasteiger partial charge on any atom is -0.302 e. The maximum atomic E-state index is 14.8. The summed E-state index contributed by atoms with van der Waals surface area (Å²) in [6, 6.07) is 23.3. The van der Waals surface area contributed by atoms with Gasteiger partial charge >= 0.3 is 0 Å². The van der Waals surface area contributed by atoms with Crippen LogP contribution in [0.25, 0.3) is 10.8 Å². The standard InChI is InChI=1S/C32H35N3O/c1-33-16-12-24(13-17-33)22-32(23-25-14-18-34(2)19-15-25)29-20-26-8-6-7-9-27(26)21-30(29)35(31(32)36)28-10-4-3-5-11-28/h3-12,14,20-21H,13,15-19,22-23H2,1-2H3. The first-order chi connectivity index (χ1) is 17.5. The Labute approximate surface area is 214 Å². The number of rotatable bonds is 5. The molecule has 1 amide bonds. The first kappa shape index (κ1) is 23.2. The Morgan fingerprint density at radius 2 is 1.31 bits per heavy atom. The molecule has 4 nitrogen and oxygen atoms in total. The molecule has 0 radical (unpaired) electrons. The summed E-state index contributed by atoms with van der Waals surface area (Å²) in [5.41, 5.74) is 5.45. The van der Waals surface area contributed by atoms with Crippen molar-refractivity contribution in [2.75, 3.05) is 45.2 Å². The number of benzene rings is 3. The molecular weight excluding hydrogens is 442 g/mol. The Morgan fingerprint density at radius 1 is 0.750 bits per heavy atom. The van der Waals surface area contributed by atoms with Gasteiger partial charge in [0.15, 0.2) is 0 Å². The van der Waals surface area contributed by atoms with Gasteiger partial charge in [-0.15, -0.1) is 0 Å². The maximum absolute atomic E-state index is 14.8. The Kier molecular flexibility index (Phi) is 6.02. The smallest absolute Gasteiger partial charge is 0.242 e. The van der Waals surface area contributed by atoms with Gasteiger partial charge in [-0.3, -0.25) is 9.69 Å². The summed E-state index contributed by atoms with van der Waals surface area (Å²) < 4.78 is 0. The quantitative estimate of drug-likeness (QED) is 0.418. The van der Waals surface area contributed by atoms with E-state index in [9.17, 15) is 4.79 Å². The van der Waals surface area contributed by atoms with Crippen molar-refractivity contribution in [3.05, 3.63) is 95.6 Å². The number of para-hydroxylation sites is 1. The normalized spacial score (nSPS) is 20.4. The minimum absolute atomic E-state index is 0.221. The van der Waals surface area contributed by atoms with Crippen LogP contribution in [0.1, 0.15) is 31.2 Å². The fourth-order valence-corrected chi connectivity index (χ4v) is 6.19. The molecule has 3 aliphatic heterocycles. The van der Waals surface area contributed by atoms with Gasteiger partial charge in [0.25, 0.3) is 0 Å². The lowest BCUT2D eigenvalue weighted by Gasteiger charge is -2.34. The fourth-order valence-electron chi connectivity index (χ4n) is 6.19. The van der Waals surface area contributed by atoms with Gasteiger partial charge in [0.1, 0.15) is 0 Å². The largest absolute Gasteiger partial charge is 0.302 e. The van der Waals surface area contributed by atoms with Crippen molar-refractivity contribution in [1.29, 1.82) is 0 Å². The van der Waals surface area contributed by atoms with Crippen LogP contribution in [-0.2, 0) is 10.2 Å². The highest BCUT2D eigenvalue weighted by molar-refractivity contribution is 6.15. The van der Waals surface area contributed by atoms with E-state index in [1.165, 1.54) is 27.5 Å². The highest BCUT2D eigenvalue weighted by Crippen LogP contribution is 2.53. The SMILES string of the molecule is CN1CC=C(CC2(CC3=CCN(C)CC3)C(=O)N(c3ccccc3)c3cc4ccccc4cc32)CC1. The number of likely N-dealkylation sites (N-methyl/N-ethyl adjacent to an activating group) is 2. The van der Waals surface area contributed by atoms with E-state index < -0.39 is 5.41 Å². The number of anilines is 2. The van der Waals surface area contributed by atoms with Crippen molar-refractivity contribution in [1.82, 2.24) is 9.80 Å². The van der Waals surface area contributed by atoms with Crippen LogP contribution in [0.3, 0.4) is 0 Å². The molecule has 0 unspecified atom stereocenters. The molecule has 36 heavy (non-hydrogen) atoms. The van der Waals surface area contributed by atoms with Gasteiger partial charge in [-0.1, -0.05) is 65.8 Å². The molecule has 3 aromatic carbocycles. The van der Waals surface area contributed by atoms with Crippen LogP contribution in [0.5, 0.6) is 0 Å². The zero-order chi connectivity index (χ0) is 24.7. The Morgan fingerprint density at radius 3 is 1.86 bits per heavy atom. The zero-order valence-corrected chi connectivity index (χ0v) is 21.4. The van der Waals surface area contributed by atoms with Crippen LogP contribution in [0.2, 0.25) is 0 Å². The van der Waals surface area contributed by atoms with E-state index >= 15 is 0 Å². The van der Waals surface area contributed by atoms with Crippen molar-refractivity contribution >= 4 is 28.1 Å². The van der Waals surface area contributed by atoms with Crippen LogP contribution < -0.4 is 4.90 Å². The molecule has 3 aliphatic rings. The Balaban J connectivity index is 1.54. The monoisotopic (exact) mass is 477 g/mol. The molecule has 4 heteroatoms. The van der Waals surface area contributed by atoms with Crippen LogP contribution in [0.15, 0.2) is 90.0 Å². The molecule has 3 heterocycles. The summed E-state index contributed by atoms with van der Waals surface area (Å²) in [5, 5.41) is 2.39. The third-order valence-corrected chi connectivity index (χ3v) is 8.32. The summed E-state index contributed by atoms with van der Waals surface area (Å²) in [5.74, 6) is 0.221. The lowest BCUT2D eigenvalue weighted by molar-refractivity contribution is -0.122. The van der Waals surface area contributed by atoms with Crippen LogP contribution >= 0.6 is 0 Å².